The summed E-state index contributed by atoms with van der Waals surface area (Å²) >= 11 is 0. The number of carbonyl (C=O) groups is 1. The van der Waals surface area contributed by atoms with E-state index in [1.54, 1.807) is 17.8 Å². The van der Waals surface area contributed by atoms with Crippen LogP contribution in [0.4, 0.5) is 5.82 Å². The molecule has 1 fully saturated rings. The van der Waals surface area contributed by atoms with Gasteiger partial charge >= 0.3 is 0 Å². The Labute approximate surface area is 179 Å². The zero-order valence-corrected chi connectivity index (χ0v) is 17.7. The summed E-state index contributed by atoms with van der Waals surface area (Å²) in [5.41, 5.74) is 1.31. The SMILES string of the molecule is Cc1ncn(CCNC(=O)C2CCN(c3ccc(-n4cccn4)nn3)CC2)c(=O)c1C. The molecular formula is C21H26N8O2. The van der Waals surface area contributed by atoms with Gasteiger partial charge in [-0.3, -0.25) is 14.2 Å². The molecular weight excluding hydrogens is 396 g/mol. The highest BCUT2D eigenvalue weighted by Gasteiger charge is 2.25. The topological polar surface area (TPSA) is 111 Å². The van der Waals surface area contributed by atoms with Gasteiger partial charge in [0.15, 0.2) is 11.6 Å². The lowest BCUT2D eigenvalue weighted by Gasteiger charge is -2.31. The number of aromatic nitrogens is 6. The molecule has 1 aliphatic rings. The lowest BCUT2D eigenvalue weighted by molar-refractivity contribution is -0.125. The Morgan fingerprint density at radius 2 is 1.90 bits per heavy atom. The molecule has 0 unspecified atom stereocenters. The highest BCUT2D eigenvalue weighted by molar-refractivity contribution is 5.78. The maximum absolute atomic E-state index is 12.5. The minimum absolute atomic E-state index is 0.0320. The van der Waals surface area contributed by atoms with Crippen LogP contribution in [0, 0.1) is 19.8 Å². The molecule has 162 valence electrons. The number of piperidine rings is 1. The molecule has 3 aromatic rings. The first-order valence-electron chi connectivity index (χ1n) is 10.4. The third kappa shape index (κ3) is 4.62. The molecule has 1 amide bonds. The van der Waals surface area contributed by atoms with E-state index in [4.69, 9.17) is 0 Å². The Morgan fingerprint density at radius 1 is 1.16 bits per heavy atom. The second-order valence-electron chi connectivity index (χ2n) is 7.71. The first-order valence-corrected chi connectivity index (χ1v) is 10.4. The van der Waals surface area contributed by atoms with Gasteiger partial charge in [0.1, 0.15) is 0 Å². The molecule has 1 aliphatic heterocycles. The molecule has 0 aromatic carbocycles. The fourth-order valence-electron chi connectivity index (χ4n) is 3.66. The number of nitrogens with one attached hydrogen (secondary N) is 1. The van der Waals surface area contributed by atoms with Crippen molar-refractivity contribution in [1.82, 2.24) is 34.8 Å². The summed E-state index contributed by atoms with van der Waals surface area (Å²) in [4.78, 5) is 31.1. The quantitative estimate of drug-likeness (QED) is 0.627. The van der Waals surface area contributed by atoms with Crippen LogP contribution in [-0.4, -0.2) is 55.1 Å². The maximum atomic E-state index is 12.5. The molecule has 3 aromatic heterocycles. The first kappa shape index (κ1) is 20.7. The second-order valence-corrected chi connectivity index (χ2v) is 7.71. The van der Waals surface area contributed by atoms with Gasteiger partial charge in [-0.05, 0) is 44.9 Å². The average Bonchev–Trinajstić information content (AvgIpc) is 3.34. The Bertz CT molecular complexity index is 1080. The summed E-state index contributed by atoms with van der Waals surface area (Å²) < 4.78 is 3.20. The largest absolute Gasteiger partial charge is 0.355 e. The molecule has 0 spiro atoms. The number of aryl methyl sites for hydroxylation is 1. The van der Waals surface area contributed by atoms with Gasteiger partial charge in [-0.15, -0.1) is 10.2 Å². The van der Waals surface area contributed by atoms with E-state index in [0.29, 0.717) is 24.5 Å². The smallest absolute Gasteiger partial charge is 0.256 e. The van der Waals surface area contributed by atoms with E-state index in [2.05, 4.69) is 30.5 Å². The van der Waals surface area contributed by atoms with Gasteiger partial charge in [0.05, 0.1) is 6.33 Å². The molecule has 10 nitrogen and oxygen atoms in total. The third-order valence-corrected chi connectivity index (χ3v) is 5.73. The van der Waals surface area contributed by atoms with E-state index < -0.39 is 0 Å². The van der Waals surface area contributed by atoms with Crippen molar-refractivity contribution in [3.63, 3.8) is 0 Å². The van der Waals surface area contributed by atoms with Gasteiger partial charge in [0.25, 0.3) is 5.56 Å². The molecule has 0 bridgehead atoms. The Kier molecular flexibility index (Phi) is 6.06. The van der Waals surface area contributed by atoms with Crippen molar-refractivity contribution in [3.05, 3.63) is 58.5 Å². The van der Waals surface area contributed by atoms with Crippen molar-refractivity contribution in [2.24, 2.45) is 5.92 Å². The minimum atomic E-state index is -0.0604. The molecule has 10 heteroatoms. The van der Waals surface area contributed by atoms with Gasteiger partial charge in [0.2, 0.25) is 5.91 Å². The number of amides is 1. The lowest BCUT2D eigenvalue weighted by atomic mass is 9.96. The summed E-state index contributed by atoms with van der Waals surface area (Å²) in [5.74, 6) is 1.46. The standard InChI is InChI=1S/C21H26N8O2/c1-15-16(2)23-14-28(21(15)31)13-9-22-20(30)17-6-11-27(12-7-17)18-4-5-19(26-25-18)29-10-3-8-24-29/h3-5,8,10,14,17H,6-7,9,11-13H2,1-2H3,(H,22,30). The molecule has 31 heavy (non-hydrogen) atoms. The zero-order chi connectivity index (χ0) is 21.8. The molecule has 1 N–H and O–H groups in total. The fourth-order valence-corrected chi connectivity index (χ4v) is 3.66. The summed E-state index contributed by atoms with van der Waals surface area (Å²) in [6.45, 7) is 5.89. The van der Waals surface area contributed by atoms with Crippen LogP contribution < -0.4 is 15.8 Å². The highest BCUT2D eigenvalue weighted by atomic mass is 16.2. The van der Waals surface area contributed by atoms with Crippen molar-refractivity contribution in [2.45, 2.75) is 33.2 Å². The van der Waals surface area contributed by atoms with Crippen LogP contribution in [0.3, 0.4) is 0 Å². The molecule has 0 aliphatic carbocycles. The Hall–Kier alpha value is -3.56. The molecule has 1 saturated heterocycles. The summed E-state index contributed by atoms with van der Waals surface area (Å²) in [6.07, 6.45) is 6.55. The predicted molar refractivity (Wildman–Crippen MR) is 115 cm³/mol. The van der Waals surface area contributed by atoms with Gasteiger partial charge in [-0.1, -0.05) is 0 Å². The van der Waals surface area contributed by atoms with E-state index >= 15 is 0 Å². The minimum Gasteiger partial charge on any atom is -0.355 e. The Balaban J connectivity index is 1.25. The molecule has 0 atom stereocenters. The van der Waals surface area contributed by atoms with E-state index in [0.717, 1.165) is 37.4 Å². The van der Waals surface area contributed by atoms with Gasteiger partial charge in [0, 0.05) is 55.7 Å². The number of rotatable bonds is 6. The molecule has 0 radical (unpaired) electrons. The van der Waals surface area contributed by atoms with Gasteiger partial charge in [-0.2, -0.15) is 5.10 Å². The number of hydrogen-bond acceptors (Lipinski definition) is 7. The van der Waals surface area contributed by atoms with Crippen LogP contribution >= 0.6 is 0 Å². The normalized spacial score (nSPS) is 14.6. The van der Waals surface area contributed by atoms with Crippen molar-refractivity contribution < 1.29 is 4.79 Å². The van der Waals surface area contributed by atoms with E-state index in [1.807, 2.05) is 31.3 Å². The van der Waals surface area contributed by atoms with Crippen LogP contribution in [0.25, 0.3) is 5.82 Å². The monoisotopic (exact) mass is 422 g/mol. The van der Waals surface area contributed by atoms with Gasteiger partial charge in [-0.25, -0.2) is 9.67 Å². The summed E-state index contributed by atoms with van der Waals surface area (Å²) in [5, 5.41) is 15.6. The molecule has 4 rings (SSSR count). The van der Waals surface area contributed by atoms with Crippen LogP contribution in [0.2, 0.25) is 0 Å². The Morgan fingerprint density at radius 3 is 2.58 bits per heavy atom. The molecule has 4 heterocycles. The van der Waals surface area contributed by atoms with Crippen LogP contribution in [0.5, 0.6) is 0 Å². The van der Waals surface area contributed by atoms with Crippen molar-refractivity contribution in [3.8, 4) is 5.82 Å². The van der Waals surface area contributed by atoms with Crippen molar-refractivity contribution >= 4 is 11.7 Å². The second kappa shape index (κ2) is 9.07. The zero-order valence-electron chi connectivity index (χ0n) is 17.7. The first-order chi connectivity index (χ1) is 15.0. The van der Waals surface area contributed by atoms with Crippen molar-refractivity contribution in [1.29, 1.82) is 0 Å². The van der Waals surface area contributed by atoms with Crippen LogP contribution in [0.15, 0.2) is 41.7 Å². The summed E-state index contributed by atoms with van der Waals surface area (Å²) in [6, 6.07) is 5.65. The maximum Gasteiger partial charge on any atom is 0.256 e. The highest BCUT2D eigenvalue weighted by Crippen LogP contribution is 2.22. The summed E-state index contributed by atoms with van der Waals surface area (Å²) in [7, 11) is 0. The lowest BCUT2D eigenvalue weighted by Crippen LogP contribution is -2.42. The fraction of sp³-hybridized carbons (Fsp3) is 0.429. The van der Waals surface area contributed by atoms with E-state index in [9.17, 15) is 9.59 Å². The number of anilines is 1. The van der Waals surface area contributed by atoms with Gasteiger partial charge < -0.3 is 10.2 Å². The van der Waals surface area contributed by atoms with E-state index in [1.165, 1.54) is 10.9 Å². The number of nitrogens with zero attached hydrogens (tertiary/aromatic N) is 7. The average molecular weight is 422 g/mol. The van der Waals surface area contributed by atoms with Crippen LogP contribution in [0.1, 0.15) is 24.1 Å². The molecule has 0 saturated carbocycles. The van der Waals surface area contributed by atoms with Crippen molar-refractivity contribution in [2.75, 3.05) is 24.5 Å². The number of hydrogen-bond donors (Lipinski definition) is 1. The third-order valence-electron chi connectivity index (χ3n) is 5.73. The predicted octanol–water partition coefficient (Wildman–Crippen LogP) is 0.869. The number of carbonyl (C=O) groups excluding carboxylic acids is 1. The van der Waals surface area contributed by atoms with Crippen LogP contribution in [-0.2, 0) is 11.3 Å². The van der Waals surface area contributed by atoms with E-state index in [-0.39, 0.29) is 17.4 Å².